The van der Waals surface area contributed by atoms with Crippen LogP contribution in [0.15, 0.2) is 52.5 Å². The summed E-state index contributed by atoms with van der Waals surface area (Å²) in [5.74, 6) is 0. The van der Waals surface area contributed by atoms with Crippen LogP contribution in [0, 0.1) is 0 Å². The van der Waals surface area contributed by atoms with E-state index in [1.54, 1.807) is 0 Å². The quantitative estimate of drug-likeness (QED) is 0.769. The molecule has 20 heavy (non-hydrogen) atoms. The highest BCUT2D eigenvalue weighted by Crippen LogP contribution is 2.33. The molecule has 0 aliphatic heterocycles. The van der Waals surface area contributed by atoms with Crippen LogP contribution in [0.1, 0.15) is 5.56 Å². The Kier molecular flexibility index (Phi) is 3.96. The summed E-state index contributed by atoms with van der Waals surface area (Å²) in [4.78, 5) is 8.81. The highest BCUT2D eigenvalue weighted by Gasteiger charge is 2.08. The van der Waals surface area contributed by atoms with Gasteiger partial charge in [-0.15, -0.1) is 0 Å². The zero-order valence-corrected chi connectivity index (χ0v) is 12.3. The fourth-order valence-corrected chi connectivity index (χ4v) is 3.16. The summed E-state index contributed by atoms with van der Waals surface area (Å²) in [6, 6.07) is 14.0. The fraction of sp³-hybridized carbons (Fsp3) is 0.133. The predicted molar refractivity (Wildman–Crippen MR) is 84.4 cm³/mol. The summed E-state index contributed by atoms with van der Waals surface area (Å²) in [5, 5.41) is 1.58. The Morgan fingerprint density at radius 1 is 1.20 bits per heavy atom. The SMILES string of the molecule is NCCc1ccc(Sc2nc3ccccc3[nH]2)c(Cl)c1. The van der Waals surface area contributed by atoms with Crippen molar-refractivity contribution >= 4 is 34.4 Å². The first kappa shape index (κ1) is 13.5. The number of nitrogens with two attached hydrogens (primary N) is 1. The van der Waals surface area contributed by atoms with E-state index >= 15 is 0 Å². The first-order valence-electron chi connectivity index (χ1n) is 6.37. The van der Waals surface area contributed by atoms with Crippen molar-refractivity contribution in [3.63, 3.8) is 0 Å². The topological polar surface area (TPSA) is 54.7 Å². The van der Waals surface area contributed by atoms with Gasteiger partial charge in [0.25, 0.3) is 0 Å². The highest BCUT2D eigenvalue weighted by molar-refractivity contribution is 7.99. The lowest BCUT2D eigenvalue weighted by atomic mass is 10.1. The number of para-hydroxylation sites is 2. The molecule has 0 radical (unpaired) electrons. The van der Waals surface area contributed by atoms with Crippen LogP contribution in [-0.4, -0.2) is 16.5 Å². The average molecular weight is 304 g/mol. The van der Waals surface area contributed by atoms with Gasteiger partial charge in [0.05, 0.1) is 16.1 Å². The maximum absolute atomic E-state index is 6.31. The van der Waals surface area contributed by atoms with Crippen LogP contribution < -0.4 is 5.73 Å². The molecule has 0 saturated heterocycles. The summed E-state index contributed by atoms with van der Waals surface area (Å²) < 4.78 is 0. The number of fused-ring (bicyclic) bond motifs is 1. The van der Waals surface area contributed by atoms with Crippen molar-refractivity contribution in [2.24, 2.45) is 5.73 Å². The molecule has 3 nitrogen and oxygen atoms in total. The van der Waals surface area contributed by atoms with Gasteiger partial charge < -0.3 is 10.7 Å². The number of nitrogens with zero attached hydrogens (tertiary/aromatic N) is 1. The smallest absolute Gasteiger partial charge is 0.171 e. The molecule has 0 unspecified atom stereocenters. The van der Waals surface area contributed by atoms with E-state index in [2.05, 4.69) is 16.0 Å². The van der Waals surface area contributed by atoms with E-state index in [1.165, 1.54) is 11.8 Å². The molecule has 0 saturated carbocycles. The lowest BCUT2D eigenvalue weighted by Gasteiger charge is -2.04. The third-order valence-electron chi connectivity index (χ3n) is 3.00. The van der Waals surface area contributed by atoms with Gasteiger partial charge in [0, 0.05) is 4.90 Å². The Morgan fingerprint density at radius 3 is 2.80 bits per heavy atom. The minimum Gasteiger partial charge on any atom is -0.333 e. The van der Waals surface area contributed by atoms with Crippen molar-refractivity contribution in [3.8, 4) is 0 Å². The molecule has 0 aliphatic carbocycles. The maximum Gasteiger partial charge on any atom is 0.171 e. The summed E-state index contributed by atoms with van der Waals surface area (Å²) in [6.45, 7) is 0.631. The van der Waals surface area contributed by atoms with Gasteiger partial charge in [0.15, 0.2) is 5.16 Å². The van der Waals surface area contributed by atoms with E-state index in [0.29, 0.717) is 6.54 Å². The third-order valence-corrected chi connectivity index (χ3v) is 4.39. The Morgan fingerprint density at radius 2 is 2.05 bits per heavy atom. The zero-order valence-electron chi connectivity index (χ0n) is 10.8. The number of imidazole rings is 1. The first-order chi connectivity index (χ1) is 9.76. The van der Waals surface area contributed by atoms with Gasteiger partial charge in [-0.2, -0.15) is 0 Å². The van der Waals surface area contributed by atoms with E-state index < -0.39 is 0 Å². The second kappa shape index (κ2) is 5.87. The number of aromatic amines is 1. The first-order valence-corrected chi connectivity index (χ1v) is 7.57. The van der Waals surface area contributed by atoms with Crippen LogP contribution in [0.3, 0.4) is 0 Å². The zero-order chi connectivity index (χ0) is 13.9. The number of hydrogen-bond donors (Lipinski definition) is 2. The number of halogens is 1. The molecule has 1 aromatic heterocycles. The van der Waals surface area contributed by atoms with Gasteiger partial charge in [0.2, 0.25) is 0 Å². The normalized spacial score (nSPS) is 11.1. The van der Waals surface area contributed by atoms with Crippen molar-refractivity contribution < 1.29 is 0 Å². The molecule has 1 heterocycles. The Hall–Kier alpha value is -1.49. The second-order valence-corrected chi connectivity index (χ2v) is 5.90. The molecule has 3 aromatic rings. The Bertz CT molecular complexity index is 706. The largest absolute Gasteiger partial charge is 0.333 e. The van der Waals surface area contributed by atoms with Crippen molar-refractivity contribution in [3.05, 3.63) is 53.1 Å². The molecular formula is C15H14ClN3S. The second-order valence-electron chi connectivity index (χ2n) is 4.46. The number of hydrogen-bond acceptors (Lipinski definition) is 3. The van der Waals surface area contributed by atoms with E-state index in [1.807, 2.05) is 36.4 Å². The molecule has 2 aromatic carbocycles. The molecule has 5 heteroatoms. The van der Waals surface area contributed by atoms with E-state index in [0.717, 1.165) is 38.1 Å². The number of rotatable bonds is 4. The summed E-state index contributed by atoms with van der Waals surface area (Å²) in [5.41, 5.74) is 8.71. The van der Waals surface area contributed by atoms with Gasteiger partial charge in [-0.3, -0.25) is 0 Å². The molecule has 0 atom stereocenters. The van der Waals surface area contributed by atoms with E-state index in [4.69, 9.17) is 17.3 Å². The van der Waals surface area contributed by atoms with Crippen molar-refractivity contribution in [1.29, 1.82) is 0 Å². The van der Waals surface area contributed by atoms with Crippen LogP contribution >= 0.6 is 23.4 Å². The monoisotopic (exact) mass is 303 g/mol. The summed E-state index contributed by atoms with van der Waals surface area (Å²) in [7, 11) is 0. The van der Waals surface area contributed by atoms with Crippen molar-refractivity contribution in [2.45, 2.75) is 16.5 Å². The van der Waals surface area contributed by atoms with Crippen molar-refractivity contribution in [1.82, 2.24) is 9.97 Å². The van der Waals surface area contributed by atoms with Crippen LogP contribution in [0.2, 0.25) is 5.02 Å². The minimum absolute atomic E-state index is 0.631. The van der Waals surface area contributed by atoms with Gasteiger partial charge >= 0.3 is 0 Å². The van der Waals surface area contributed by atoms with Gasteiger partial charge in [0.1, 0.15) is 0 Å². The van der Waals surface area contributed by atoms with Gasteiger partial charge in [-0.1, -0.05) is 41.6 Å². The molecule has 0 bridgehead atoms. The minimum atomic E-state index is 0.631. The molecule has 0 aliphatic rings. The number of nitrogens with one attached hydrogen (secondary N) is 1. The highest BCUT2D eigenvalue weighted by atomic mass is 35.5. The third kappa shape index (κ3) is 2.82. The lowest BCUT2D eigenvalue weighted by molar-refractivity contribution is 0.966. The van der Waals surface area contributed by atoms with Crippen LogP contribution in [0.25, 0.3) is 11.0 Å². The lowest BCUT2D eigenvalue weighted by Crippen LogP contribution is -2.02. The van der Waals surface area contributed by atoms with E-state index in [9.17, 15) is 0 Å². The molecule has 0 fully saturated rings. The molecule has 3 N–H and O–H groups in total. The fourth-order valence-electron chi connectivity index (χ4n) is 2.03. The Balaban J connectivity index is 1.86. The standard InChI is InChI=1S/C15H14ClN3S/c16-11-9-10(7-8-17)5-6-14(11)20-15-18-12-3-1-2-4-13(12)19-15/h1-6,9H,7-8,17H2,(H,18,19). The Labute approximate surface area is 126 Å². The predicted octanol–water partition coefficient (Wildman–Crippen LogP) is 3.87. The maximum atomic E-state index is 6.31. The van der Waals surface area contributed by atoms with Crippen LogP contribution in [0.4, 0.5) is 0 Å². The van der Waals surface area contributed by atoms with E-state index in [-0.39, 0.29) is 0 Å². The van der Waals surface area contributed by atoms with Crippen LogP contribution in [-0.2, 0) is 6.42 Å². The van der Waals surface area contributed by atoms with Gasteiger partial charge in [-0.05, 0) is 42.8 Å². The molecule has 102 valence electrons. The number of aromatic nitrogens is 2. The molecule has 3 rings (SSSR count). The molecule has 0 spiro atoms. The van der Waals surface area contributed by atoms with Crippen LogP contribution in [0.5, 0.6) is 0 Å². The molecular weight excluding hydrogens is 290 g/mol. The summed E-state index contributed by atoms with van der Waals surface area (Å²) in [6.07, 6.45) is 0.843. The summed E-state index contributed by atoms with van der Waals surface area (Å²) >= 11 is 7.85. The van der Waals surface area contributed by atoms with Gasteiger partial charge in [-0.25, -0.2) is 4.98 Å². The number of benzene rings is 2. The average Bonchev–Trinajstić information content (AvgIpc) is 2.84. The number of H-pyrrole nitrogens is 1. The molecule has 0 amide bonds. The van der Waals surface area contributed by atoms with Crippen molar-refractivity contribution in [2.75, 3.05) is 6.54 Å².